The van der Waals surface area contributed by atoms with Gasteiger partial charge in [0.2, 0.25) is 0 Å². The van der Waals surface area contributed by atoms with Crippen molar-refractivity contribution in [2.24, 2.45) is 0 Å². The van der Waals surface area contributed by atoms with Crippen molar-refractivity contribution in [2.75, 3.05) is 18.5 Å². The monoisotopic (exact) mass is 328 g/mol. The Balaban J connectivity index is 1.70. The third kappa shape index (κ3) is 3.79. The van der Waals surface area contributed by atoms with E-state index in [0.29, 0.717) is 23.7 Å². The Morgan fingerprint density at radius 2 is 2.17 bits per heavy atom. The topological polar surface area (TPSA) is 52.5 Å². The summed E-state index contributed by atoms with van der Waals surface area (Å²) in [4.78, 5) is 12.6. The second kappa shape index (κ2) is 7.53. The molecule has 0 radical (unpaired) electrons. The summed E-state index contributed by atoms with van der Waals surface area (Å²) in [5, 5.41) is 2.96. The maximum Gasteiger partial charge on any atom is 0.272 e. The van der Waals surface area contributed by atoms with Crippen molar-refractivity contribution in [3.8, 4) is 5.75 Å². The summed E-state index contributed by atoms with van der Waals surface area (Å²) in [5.41, 5.74) is 1.32. The van der Waals surface area contributed by atoms with Gasteiger partial charge in [0.05, 0.1) is 11.8 Å². The molecule has 1 saturated heterocycles. The van der Waals surface area contributed by atoms with Gasteiger partial charge >= 0.3 is 0 Å². The standard InChI is InChI=1S/C19H24N2O3/c1-14(2)21-11-5-9-17(21)19(22)20-16-8-3-4-10-18(16)24-13-15-7-6-12-23-15/h3-5,8-11,14-15H,6-7,12-13H2,1-2H3,(H,20,22). The predicted molar refractivity (Wildman–Crippen MR) is 93.7 cm³/mol. The van der Waals surface area contributed by atoms with E-state index in [1.165, 1.54) is 0 Å². The number of aromatic nitrogens is 1. The van der Waals surface area contributed by atoms with Gasteiger partial charge in [-0.1, -0.05) is 12.1 Å². The molecule has 0 aliphatic carbocycles. The second-order valence-electron chi connectivity index (χ2n) is 6.29. The molecule has 5 nitrogen and oxygen atoms in total. The van der Waals surface area contributed by atoms with Gasteiger partial charge in [0, 0.05) is 18.8 Å². The third-order valence-corrected chi connectivity index (χ3v) is 4.15. The van der Waals surface area contributed by atoms with E-state index in [-0.39, 0.29) is 18.1 Å². The van der Waals surface area contributed by atoms with Crippen LogP contribution in [0, 0.1) is 0 Å². The van der Waals surface area contributed by atoms with Crippen LogP contribution >= 0.6 is 0 Å². The van der Waals surface area contributed by atoms with E-state index < -0.39 is 0 Å². The van der Waals surface area contributed by atoms with Crippen LogP contribution in [0.5, 0.6) is 5.75 Å². The van der Waals surface area contributed by atoms with E-state index in [2.05, 4.69) is 19.2 Å². The van der Waals surface area contributed by atoms with Crippen LogP contribution in [0.1, 0.15) is 43.2 Å². The second-order valence-corrected chi connectivity index (χ2v) is 6.29. The molecular formula is C19H24N2O3. The minimum absolute atomic E-state index is 0.137. The van der Waals surface area contributed by atoms with Crippen LogP contribution in [0.4, 0.5) is 5.69 Å². The number of nitrogens with one attached hydrogen (secondary N) is 1. The lowest BCUT2D eigenvalue weighted by molar-refractivity contribution is 0.0682. The summed E-state index contributed by atoms with van der Waals surface area (Å²) >= 11 is 0. The number of carbonyl (C=O) groups is 1. The molecule has 1 atom stereocenters. The molecule has 1 unspecified atom stereocenters. The highest BCUT2D eigenvalue weighted by molar-refractivity contribution is 6.04. The van der Waals surface area contributed by atoms with Gasteiger partial charge in [-0.25, -0.2) is 0 Å². The molecule has 1 N–H and O–H groups in total. The molecule has 1 aromatic heterocycles. The fourth-order valence-electron chi connectivity index (χ4n) is 2.88. The van der Waals surface area contributed by atoms with Gasteiger partial charge in [-0.2, -0.15) is 0 Å². The first-order chi connectivity index (χ1) is 11.6. The first-order valence-electron chi connectivity index (χ1n) is 8.47. The molecule has 0 saturated carbocycles. The summed E-state index contributed by atoms with van der Waals surface area (Å²) in [6.07, 6.45) is 4.17. The lowest BCUT2D eigenvalue weighted by Crippen LogP contribution is -2.20. The fraction of sp³-hybridized carbons (Fsp3) is 0.421. The molecule has 1 aliphatic rings. The number of amides is 1. The van der Waals surface area contributed by atoms with Crippen LogP contribution in [0.25, 0.3) is 0 Å². The van der Waals surface area contributed by atoms with Crippen LogP contribution < -0.4 is 10.1 Å². The number of hydrogen-bond acceptors (Lipinski definition) is 3. The van der Waals surface area contributed by atoms with Gasteiger partial charge in [-0.15, -0.1) is 0 Å². The SMILES string of the molecule is CC(C)n1cccc1C(=O)Nc1ccccc1OCC1CCCO1. The van der Waals surface area contributed by atoms with Gasteiger partial charge < -0.3 is 19.4 Å². The van der Waals surface area contributed by atoms with Gasteiger partial charge in [0.25, 0.3) is 5.91 Å². The Labute approximate surface area is 142 Å². The minimum Gasteiger partial charge on any atom is -0.489 e. The van der Waals surface area contributed by atoms with Crippen LogP contribution in [0.2, 0.25) is 0 Å². The molecule has 1 aromatic carbocycles. The van der Waals surface area contributed by atoms with E-state index >= 15 is 0 Å². The summed E-state index contributed by atoms with van der Waals surface area (Å²) in [7, 11) is 0. The zero-order valence-corrected chi connectivity index (χ0v) is 14.2. The molecular weight excluding hydrogens is 304 g/mol. The Kier molecular flexibility index (Phi) is 5.20. The number of nitrogens with zero attached hydrogens (tertiary/aromatic N) is 1. The lowest BCUT2D eigenvalue weighted by atomic mass is 10.2. The molecule has 1 fully saturated rings. The lowest BCUT2D eigenvalue weighted by Gasteiger charge is -2.16. The van der Waals surface area contributed by atoms with Crippen LogP contribution in [0.3, 0.4) is 0 Å². The first kappa shape index (κ1) is 16.6. The van der Waals surface area contributed by atoms with Gasteiger partial charge in [-0.3, -0.25) is 4.79 Å². The summed E-state index contributed by atoms with van der Waals surface area (Å²) in [6.45, 7) is 5.42. The van der Waals surface area contributed by atoms with Gasteiger partial charge in [-0.05, 0) is 51.0 Å². The molecule has 24 heavy (non-hydrogen) atoms. The van der Waals surface area contributed by atoms with Crippen molar-refractivity contribution >= 4 is 11.6 Å². The average molecular weight is 328 g/mol. The molecule has 0 bridgehead atoms. The average Bonchev–Trinajstić information content (AvgIpc) is 3.25. The maximum atomic E-state index is 12.6. The molecule has 1 aliphatic heterocycles. The molecule has 3 rings (SSSR count). The van der Waals surface area contributed by atoms with E-state index in [4.69, 9.17) is 9.47 Å². The van der Waals surface area contributed by atoms with Crippen molar-refractivity contribution in [1.82, 2.24) is 4.57 Å². The molecule has 1 amide bonds. The Morgan fingerprint density at radius 3 is 2.92 bits per heavy atom. The summed E-state index contributed by atoms with van der Waals surface area (Å²) < 4.78 is 13.4. The Bertz CT molecular complexity index is 687. The number of carbonyl (C=O) groups excluding carboxylic acids is 1. The quantitative estimate of drug-likeness (QED) is 0.875. The highest BCUT2D eigenvalue weighted by Gasteiger charge is 2.18. The number of benzene rings is 1. The summed E-state index contributed by atoms with van der Waals surface area (Å²) in [5.74, 6) is 0.533. The van der Waals surface area contributed by atoms with Crippen molar-refractivity contribution in [3.63, 3.8) is 0 Å². The number of rotatable bonds is 6. The highest BCUT2D eigenvalue weighted by atomic mass is 16.5. The van der Waals surface area contributed by atoms with Gasteiger partial charge in [0.15, 0.2) is 0 Å². The van der Waals surface area contributed by atoms with Crippen LogP contribution in [0.15, 0.2) is 42.6 Å². The summed E-state index contributed by atoms with van der Waals surface area (Å²) in [6, 6.07) is 11.4. The predicted octanol–water partition coefficient (Wildman–Crippen LogP) is 3.88. The molecule has 0 spiro atoms. The van der Waals surface area contributed by atoms with Crippen molar-refractivity contribution < 1.29 is 14.3 Å². The van der Waals surface area contributed by atoms with E-state index in [9.17, 15) is 4.79 Å². The van der Waals surface area contributed by atoms with E-state index in [0.717, 1.165) is 19.4 Å². The van der Waals surface area contributed by atoms with Crippen molar-refractivity contribution in [2.45, 2.75) is 38.8 Å². The minimum atomic E-state index is -0.137. The molecule has 128 valence electrons. The van der Waals surface area contributed by atoms with Crippen LogP contribution in [-0.4, -0.2) is 29.8 Å². The Hall–Kier alpha value is -2.27. The van der Waals surface area contributed by atoms with Crippen molar-refractivity contribution in [3.05, 3.63) is 48.3 Å². The van der Waals surface area contributed by atoms with Crippen molar-refractivity contribution in [1.29, 1.82) is 0 Å². The first-order valence-corrected chi connectivity index (χ1v) is 8.47. The number of ether oxygens (including phenoxy) is 2. The van der Waals surface area contributed by atoms with Crippen LogP contribution in [-0.2, 0) is 4.74 Å². The smallest absolute Gasteiger partial charge is 0.272 e. The zero-order valence-electron chi connectivity index (χ0n) is 14.2. The highest BCUT2D eigenvalue weighted by Crippen LogP contribution is 2.26. The fourth-order valence-corrected chi connectivity index (χ4v) is 2.88. The Morgan fingerprint density at radius 1 is 1.33 bits per heavy atom. The number of anilines is 1. The van der Waals surface area contributed by atoms with E-state index in [1.807, 2.05) is 47.2 Å². The number of para-hydroxylation sites is 2. The third-order valence-electron chi connectivity index (χ3n) is 4.15. The normalized spacial score (nSPS) is 17.2. The van der Waals surface area contributed by atoms with Gasteiger partial charge in [0.1, 0.15) is 18.1 Å². The molecule has 2 aromatic rings. The largest absolute Gasteiger partial charge is 0.489 e. The maximum absolute atomic E-state index is 12.6. The van der Waals surface area contributed by atoms with E-state index in [1.54, 1.807) is 0 Å². The number of hydrogen-bond donors (Lipinski definition) is 1. The molecule has 5 heteroatoms. The molecule has 2 heterocycles. The zero-order chi connectivity index (χ0) is 16.9.